The fraction of sp³-hybridized carbons (Fsp3) is 0.350. The highest BCUT2D eigenvalue weighted by atomic mass is 32.1. The number of thiophene rings is 1. The van der Waals surface area contributed by atoms with Crippen LogP contribution in [-0.2, 0) is 17.9 Å². The predicted octanol–water partition coefficient (Wildman–Crippen LogP) is 3.69. The molecule has 31 heavy (non-hydrogen) atoms. The van der Waals surface area contributed by atoms with Gasteiger partial charge in [-0.2, -0.15) is 13.8 Å². The summed E-state index contributed by atoms with van der Waals surface area (Å²) >= 11 is 1.21. The largest absolute Gasteiger partial charge is 0.493 e. The second-order valence-electron chi connectivity index (χ2n) is 6.36. The van der Waals surface area contributed by atoms with Gasteiger partial charge in [0.15, 0.2) is 17.3 Å². The van der Waals surface area contributed by atoms with Crippen molar-refractivity contribution in [2.75, 3.05) is 21.3 Å². The number of hydrogen-bond acceptors (Lipinski definition) is 8. The van der Waals surface area contributed by atoms with Gasteiger partial charge in [-0.15, -0.1) is 11.3 Å². The Balaban J connectivity index is 1.83. The topological polar surface area (TPSA) is 91.8 Å². The summed E-state index contributed by atoms with van der Waals surface area (Å²) in [5.74, 6) is 0.558. The second-order valence-corrected chi connectivity index (χ2v) is 7.36. The first-order chi connectivity index (χ1) is 14.9. The molecule has 0 aliphatic carbocycles. The minimum atomic E-state index is -2.99. The van der Waals surface area contributed by atoms with Crippen molar-refractivity contribution < 1.29 is 32.5 Å². The Labute approximate surface area is 181 Å². The number of benzene rings is 1. The molecule has 0 spiro atoms. The number of carbonyl (C=O) groups is 1. The molecule has 0 bridgehead atoms. The molecule has 0 fully saturated rings. The third-order valence-corrected chi connectivity index (χ3v) is 5.56. The first-order valence-electron chi connectivity index (χ1n) is 9.10. The molecule has 0 aliphatic rings. The predicted molar refractivity (Wildman–Crippen MR) is 110 cm³/mol. The molecule has 3 aromatic rings. The van der Waals surface area contributed by atoms with Crippen LogP contribution in [0.25, 0.3) is 10.2 Å². The number of amides is 1. The molecule has 0 unspecified atom stereocenters. The van der Waals surface area contributed by atoms with E-state index in [1.54, 1.807) is 13.0 Å². The standard InChI is InChI=1S/C20H21F2N3O5S/c1-10-15-18(29-4)24-14(9-27-2)25-19(15)31-16(10)17(26)23-8-11-5-6-12(28-3)13(7-11)30-20(21)22/h5-7,20H,8-9H2,1-4H3,(H,23,26). The average Bonchev–Trinajstić information content (AvgIpc) is 3.08. The van der Waals surface area contributed by atoms with Crippen LogP contribution in [0.5, 0.6) is 17.4 Å². The van der Waals surface area contributed by atoms with Crippen molar-refractivity contribution >= 4 is 27.5 Å². The number of rotatable bonds is 9. The smallest absolute Gasteiger partial charge is 0.387 e. The lowest BCUT2D eigenvalue weighted by molar-refractivity contribution is -0.0512. The zero-order chi connectivity index (χ0) is 22.5. The SMILES string of the molecule is COCc1nc(OC)c2c(C)c(C(=O)NCc3ccc(OC)c(OC(F)F)c3)sc2n1. The number of fused-ring (bicyclic) bond motifs is 1. The molecule has 2 aromatic heterocycles. The van der Waals surface area contributed by atoms with Gasteiger partial charge in [0, 0.05) is 13.7 Å². The van der Waals surface area contributed by atoms with Crippen LogP contribution in [0.15, 0.2) is 18.2 Å². The van der Waals surface area contributed by atoms with Crippen molar-refractivity contribution in [1.29, 1.82) is 0 Å². The van der Waals surface area contributed by atoms with Crippen molar-refractivity contribution in [1.82, 2.24) is 15.3 Å². The molecular formula is C20H21F2N3O5S. The molecule has 0 aliphatic heterocycles. The Morgan fingerprint density at radius 1 is 1.16 bits per heavy atom. The van der Waals surface area contributed by atoms with Crippen LogP contribution >= 0.6 is 11.3 Å². The lowest BCUT2D eigenvalue weighted by Gasteiger charge is -2.12. The van der Waals surface area contributed by atoms with Crippen LogP contribution in [0.2, 0.25) is 0 Å². The third-order valence-electron chi connectivity index (χ3n) is 4.37. The molecular weight excluding hydrogens is 432 g/mol. The van der Waals surface area contributed by atoms with Crippen LogP contribution in [0.4, 0.5) is 8.78 Å². The van der Waals surface area contributed by atoms with Gasteiger partial charge in [-0.05, 0) is 30.2 Å². The summed E-state index contributed by atoms with van der Waals surface area (Å²) in [5.41, 5.74) is 1.26. The molecule has 166 valence electrons. The first kappa shape index (κ1) is 22.6. The molecule has 0 atom stereocenters. The van der Waals surface area contributed by atoms with Crippen molar-refractivity contribution in [2.45, 2.75) is 26.7 Å². The van der Waals surface area contributed by atoms with Gasteiger partial charge in [0.1, 0.15) is 11.4 Å². The van der Waals surface area contributed by atoms with E-state index in [9.17, 15) is 13.6 Å². The summed E-state index contributed by atoms with van der Waals surface area (Å²) in [5, 5.41) is 3.45. The maximum Gasteiger partial charge on any atom is 0.387 e. The number of aryl methyl sites for hydroxylation is 1. The quantitative estimate of drug-likeness (QED) is 0.528. The van der Waals surface area contributed by atoms with Gasteiger partial charge >= 0.3 is 6.61 Å². The number of aromatic nitrogens is 2. The Morgan fingerprint density at radius 2 is 1.94 bits per heavy atom. The summed E-state index contributed by atoms with van der Waals surface area (Å²) < 4.78 is 45.2. The number of halogens is 2. The average molecular weight is 453 g/mol. The molecule has 0 radical (unpaired) electrons. The van der Waals surface area contributed by atoms with Gasteiger partial charge < -0.3 is 24.3 Å². The molecule has 3 rings (SSSR count). The molecule has 0 saturated carbocycles. The van der Waals surface area contributed by atoms with Crippen molar-refractivity contribution in [3.05, 3.63) is 40.0 Å². The lowest BCUT2D eigenvalue weighted by atomic mass is 10.2. The Bertz CT molecular complexity index is 1090. The van der Waals surface area contributed by atoms with E-state index in [0.717, 1.165) is 0 Å². The molecule has 2 heterocycles. The number of carbonyl (C=O) groups excluding carboxylic acids is 1. The number of nitrogens with zero attached hydrogens (tertiary/aromatic N) is 2. The number of methoxy groups -OCH3 is 3. The van der Waals surface area contributed by atoms with Crippen molar-refractivity contribution in [3.8, 4) is 17.4 Å². The summed E-state index contributed by atoms with van der Waals surface area (Å²) in [7, 11) is 4.39. The molecule has 0 saturated heterocycles. The normalized spacial score (nSPS) is 11.1. The lowest BCUT2D eigenvalue weighted by Crippen LogP contribution is -2.22. The van der Waals surface area contributed by atoms with Crippen molar-refractivity contribution in [2.24, 2.45) is 0 Å². The van der Waals surface area contributed by atoms with E-state index in [1.165, 1.54) is 44.8 Å². The van der Waals surface area contributed by atoms with Gasteiger partial charge in [-0.25, -0.2) is 4.98 Å². The molecule has 11 heteroatoms. The minimum Gasteiger partial charge on any atom is -0.493 e. The van der Waals surface area contributed by atoms with E-state index in [1.807, 2.05) is 0 Å². The number of hydrogen-bond donors (Lipinski definition) is 1. The van der Waals surface area contributed by atoms with E-state index < -0.39 is 6.61 Å². The van der Waals surface area contributed by atoms with E-state index in [2.05, 4.69) is 20.0 Å². The number of nitrogens with one attached hydrogen (secondary N) is 1. The van der Waals surface area contributed by atoms with Crippen molar-refractivity contribution in [3.63, 3.8) is 0 Å². The van der Waals surface area contributed by atoms with E-state index in [4.69, 9.17) is 14.2 Å². The van der Waals surface area contributed by atoms with Crippen LogP contribution in [0.1, 0.15) is 26.6 Å². The fourth-order valence-electron chi connectivity index (χ4n) is 2.98. The number of alkyl halides is 2. The zero-order valence-electron chi connectivity index (χ0n) is 17.3. The van der Waals surface area contributed by atoms with Gasteiger partial charge in [0.05, 0.1) is 24.5 Å². The monoisotopic (exact) mass is 453 g/mol. The van der Waals surface area contributed by atoms with E-state index >= 15 is 0 Å². The fourth-order valence-corrected chi connectivity index (χ4v) is 4.09. The van der Waals surface area contributed by atoms with E-state index in [0.29, 0.717) is 37.9 Å². The minimum absolute atomic E-state index is 0.104. The van der Waals surface area contributed by atoms with E-state index in [-0.39, 0.29) is 30.6 Å². The molecule has 8 nitrogen and oxygen atoms in total. The summed E-state index contributed by atoms with van der Waals surface area (Å²) in [6, 6.07) is 4.55. The van der Waals surface area contributed by atoms with Gasteiger partial charge in [-0.3, -0.25) is 4.79 Å². The second kappa shape index (κ2) is 9.84. The molecule has 1 N–H and O–H groups in total. The summed E-state index contributed by atoms with van der Waals surface area (Å²) in [6.07, 6.45) is 0. The van der Waals surface area contributed by atoms with Crippen LogP contribution in [-0.4, -0.2) is 43.8 Å². The first-order valence-corrected chi connectivity index (χ1v) is 9.92. The molecule has 1 amide bonds. The van der Waals surface area contributed by atoms with Crippen LogP contribution in [0.3, 0.4) is 0 Å². The number of ether oxygens (including phenoxy) is 4. The van der Waals surface area contributed by atoms with Gasteiger partial charge in [-0.1, -0.05) is 6.07 Å². The highest BCUT2D eigenvalue weighted by Gasteiger charge is 2.21. The maximum atomic E-state index is 12.8. The Kier molecular flexibility index (Phi) is 7.18. The Morgan fingerprint density at radius 3 is 2.58 bits per heavy atom. The molecule has 1 aromatic carbocycles. The highest BCUT2D eigenvalue weighted by molar-refractivity contribution is 7.20. The van der Waals surface area contributed by atoms with Gasteiger partial charge in [0.25, 0.3) is 5.91 Å². The summed E-state index contributed by atoms with van der Waals surface area (Å²) in [6.45, 7) is -0.879. The summed E-state index contributed by atoms with van der Waals surface area (Å²) in [4.78, 5) is 22.6. The van der Waals surface area contributed by atoms with Crippen LogP contribution < -0.4 is 19.5 Å². The van der Waals surface area contributed by atoms with Crippen LogP contribution in [0, 0.1) is 6.92 Å². The zero-order valence-corrected chi connectivity index (χ0v) is 18.1. The Hall–Kier alpha value is -3.05. The maximum absolute atomic E-state index is 12.8. The highest BCUT2D eigenvalue weighted by Crippen LogP contribution is 2.35. The third kappa shape index (κ3) is 5.00. The van der Waals surface area contributed by atoms with Gasteiger partial charge in [0.2, 0.25) is 5.88 Å².